The van der Waals surface area contributed by atoms with Crippen LogP contribution in [0.1, 0.15) is 19.3 Å². The number of terminal acetylenes is 1. The molecule has 1 rings (SSSR count). The number of nitrogens with one attached hydrogen (secondary N) is 1. The third-order valence-corrected chi connectivity index (χ3v) is 2.29. The predicted octanol–water partition coefficient (Wildman–Crippen LogP) is -3.64. The Morgan fingerprint density at radius 3 is 3.06 bits per heavy atom. The molecule has 0 spiro atoms. The maximum atomic E-state index is 8.41. The fourth-order valence-corrected chi connectivity index (χ4v) is 1.51. The Morgan fingerprint density at radius 1 is 1.69 bits per heavy atom. The molecule has 0 aromatic carbocycles. The Hall–Kier alpha value is -1.25. The molecule has 1 atom stereocenters. The van der Waals surface area contributed by atoms with Gasteiger partial charge in [0.15, 0.2) is 6.67 Å². The average molecular weight is 245 g/mol. The summed E-state index contributed by atoms with van der Waals surface area (Å²) in [5.74, 6) is 3.33. The van der Waals surface area contributed by atoms with Gasteiger partial charge in [0, 0.05) is 13.5 Å². The van der Waals surface area contributed by atoms with Gasteiger partial charge in [0.1, 0.15) is 12.8 Å². The Kier molecular flexibility index (Phi) is 7.34. The van der Waals surface area contributed by atoms with Gasteiger partial charge >= 0.3 is 0 Å². The largest absolute Gasteiger partial charge is 1.00 e. The number of amidine groups is 1. The summed E-state index contributed by atoms with van der Waals surface area (Å²) in [4.78, 5) is 1.95. The van der Waals surface area contributed by atoms with Gasteiger partial charge in [-0.3, -0.25) is 0 Å². The van der Waals surface area contributed by atoms with Crippen molar-refractivity contribution >= 4 is 12.1 Å². The van der Waals surface area contributed by atoms with E-state index in [0.29, 0.717) is 5.84 Å². The van der Waals surface area contributed by atoms with Crippen LogP contribution in [0.3, 0.4) is 0 Å². The summed E-state index contributed by atoms with van der Waals surface area (Å²) in [5.41, 5.74) is 0. The molecule has 5 nitrogen and oxygen atoms in total. The van der Waals surface area contributed by atoms with Gasteiger partial charge < -0.3 is 22.5 Å². The number of rotatable bonds is 5. The van der Waals surface area contributed by atoms with Crippen LogP contribution < -0.4 is 17.4 Å². The van der Waals surface area contributed by atoms with E-state index in [9.17, 15) is 0 Å². The molecule has 0 aliphatic carbocycles. The minimum absolute atomic E-state index is 0. The third-order valence-electron chi connectivity index (χ3n) is 2.29. The quantitative estimate of drug-likeness (QED) is 0.172. The van der Waals surface area contributed by atoms with E-state index in [4.69, 9.17) is 11.6 Å². The Bertz CT molecular complexity index is 298. The molecular weight excluding hydrogens is 228 g/mol. The van der Waals surface area contributed by atoms with Crippen LogP contribution >= 0.6 is 0 Å². The van der Waals surface area contributed by atoms with E-state index < -0.39 is 0 Å². The summed E-state index contributed by atoms with van der Waals surface area (Å²) in [6.07, 6.45) is 9.47. The van der Waals surface area contributed by atoms with Gasteiger partial charge in [-0.1, -0.05) is 10.3 Å². The fraction of sp³-hybridized carbons (Fsp3) is 0.600. The second kappa shape index (κ2) is 7.97. The van der Waals surface area contributed by atoms with E-state index in [0.717, 1.165) is 37.5 Å². The first-order valence-electron chi connectivity index (χ1n) is 5.03. The maximum Gasteiger partial charge on any atom is 0.210 e. The lowest BCUT2D eigenvalue weighted by Crippen LogP contribution is -3.07. The maximum absolute atomic E-state index is 8.41. The van der Waals surface area contributed by atoms with E-state index in [-0.39, 0.29) is 12.4 Å². The van der Waals surface area contributed by atoms with Crippen molar-refractivity contribution in [3.63, 3.8) is 0 Å². The van der Waals surface area contributed by atoms with Gasteiger partial charge in [-0.15, -0.1) is 12.3 Å². The van der Waals surface area contributed by atoms with Gasteiger partial charge in [-0.25, -0.2) is 0 Å². The number of hydrogen-bond acceptors (Lipinski definition) is 4. The van der Waals surface area contributed by atoms with Crippen LogP contribution in [0.25, 0.3) is 0 Å². The minimum Gasteiger partial charge on any atom is -1.00 e. The monoisotopic (exact) mass is 244 g/mol. The molecule has 0 saturated carbocycles. The van der Waals surface area contributed by atoms with Gasteiger partial charge in [0.2, 0.25) is 5.84 Å². The molecular formula is C10H17ClN4O. The highest BCUT2D eigenvalue weighted by Gasteiger charge is 2.22. The number of quaternary nitrogens is 1. The topological polar surface area (TPSA) is 52.6 Å². The van der Waals surface area contributed by atoms with Crippen molar-refractivity contribution < 1.29 is 22.6 Å². The first-order chi connectivity index (χ1) is 7.27. The van der Waals surface area contributed by atoms with Crippen LogP contribution in [-0.4, -0.2) is 42.4 Å². The van der Waals surface area contributed by atoms with Crippen molar-refractivity contribution in [2.75, 3.05) is 20.3 Å². The number of halogens is 1. The molecule has 90 valence electrons. The molecule has 1 aliphatic rings. The standard InChI is InChI=1S/C10H16N4O.ClH/c1-3-4-5-6-7-14-9-13(2)10(12-14)8-11-15;/h1,8,15H,4-7,9H2,2H3;1H/b11-8-;. The van der Waals surface area contributed by atoms with Crippen LogP contribution in [0.5, 0.6) is 0 Å². The Morgan fingerprint density at radius 2 is 2.44 bits per heavy atom. The number of unbranched alkanes of at least 4 members (excludes halogenated alkanes) is 2. The van der Waals surface area contributed by atoms with E-state index in [1.807, 2.05) is 11.9 Å². The summed E-state index contributed by atoms with van der Waals surface area (Å²) in [7, 11) is 1.93. The summed E-state index contributed by atoms with van der Waals surface area (Å²) in [5, 5.41) is 16.9. The van der Waals surface area contributed by atoms with Gasteiger partial charge in [-0.05, 0) is 12.8 Å². The lowest BCUT2D eigenvalue weighted by molar-refractivity contribution is -0.907. The van der Waals surface area contributed by atoms with Crippen molar-refractivity contribution in [2.24, 2.45) is 10.3 Å². The summed E-state index contributed by atoms with van der Waals surface area (Å²) in [6, 6.07) is 0. The van der Waals surface area contributed by atoms with Crippen molar-refractivity contribution in [1.29, 1.82) is 0 Å². The molecule has 2 N–H and O–H groups in total. The molecule has 0 bridgehead atoms. The Labute approximate surface area is 102 Å². The first kappa shape index (κ1) is 14.8. The molecule has 6 heteroatoms. The predicted molar refractivity (Wildman–Crippen MR) is 58.9 cm³/mol. The summed E-state index contributed by atoms with van der Waals surface area (Å²) >= 11 is 0. The third kappa shape index (κ3) is 4.51. The molecule has 0 amide bonds. The molecule has 1 unspecified atom stereocenters. The molecule has 0 aromatic heterocycles. The van der Waals surface area contributed by atoms with Crippen molar-refractivity contribution in [3.05, 3.63) is 0 Å². The summed E-state index contributed by atoms with van der Waals surface area (Å²) in [6.45, 7) is 1.78. The lowest BCUT2D eigenvalue weighted by Gasteiger charge is -2.09. The lowest BCUT2D eigenvalue weighted by atomic mass is 10.2. The minimum atomic E-state index is 0. The van der Waals surface area contributed by atoms with Crippen LogP contribution in [0.15, 0.2) is 10.3 Å². The van der Waals surface area contributed by atoms with Crippen LogP contribution in [0.2, 0.25) is 0 Å². The Balaban J connectivity index is 0.00000225. The van der Waals surface area contributed by atoms with Gasteiger partial charge in [-0.2, -0.15) is 5.01 Å². The van der Waals surface area contributed by atoms with Crippen molar-refractivity contribution in [2.45, 2.75) is 19.3 Å². The number of hydrogen-bond donors (Lipinski definition) is 2. The SMILES string of the molecule is C#CCCCC[NH+]1CN(C)C(/C=N\O)=N1.[Cl-]. The molecule has 0 aromatic rings. The first-order valence-corrected chi connectivity index (χ1v) is 5.03. The van der Waals surface area contributed by atoms with Gasteiger partial charge in [0.05, 0.1) is 0 Å². The fourth-order valence-electron chi connectivity index (χ4n) is 1.51. The van der Waals surface area contributed by atoms with Crippen molar-refractivity contribution in [1.82, 2.24) is 4.90 Å². The van der Waals surface area contributed by atoms with E-state index in [2.05, 4.69) is 16.2 Å². The highest BCUT2D eigenvalue weighted by atomic mass is 35.5. The zero-order chi connectivity index (χ0) is 11.1. The summed E-state index contributed by atoms with van der Waals surface area (Å²) < 4.78 is 0. The second-order valence-electron chi connectivity index (χ2n) is 3.55. The molecule has 0 fully saturated rings. The zero-order valence-corrected chi connectivity index (χ0v) is 10.1. The number of oxime groups is 1. The van der Waals surface area contributed by atoms with E-state index >= 15 is 0 Å². The highest BCUT2D eigenvalue weighted by Crippen LogP contribution is 1.92. The molecule has 1 aliphatic heterocycles. The van der Waals surface area contributed by atoms with Crippen LogP contribution in [-0.2, 0) is 0 Å². The van der Waals surface area contributed by atoms with E-state index in [1.54, 1.807) is 0 Å². The molecule has 0 radical (unpaired) electrons. The van der Waals surface area contributed by atoms with Crippen LogP contribution in [0, 0.1) is 12.3 Å². The molecule has 0 saturated heterocycles. The second-order valence-corrected chi connectivity index (χ2v) is 3.55. The van der Waals surface area contributed by atoms with Crippen LogP contribution in [0.4, 0.5) is 0 Å². The zero-order valence-electron chi connectivity index (χ0n) is 9.36. The average Bonchev–Trinajstić information content (AvgIpc) is 2.55. The molecule has 16 heavy (non-hydrogen) atoms. The van der Waals surface area contributed by atoms with Gasteiger partial charge in [0.25, 0.3) is 0 Å². The van der Waals surface area contributed by atoms with E-state index in [1.165, 1.54) is 6.21 Å². The molecule has 1 heterocycles. The van der Waals surface area contributed by atoms with Crippen molar-refractivity contribution in [3.8, 4) is 12.3 Å². The number of nitrogens with zero attached hydrogens (tertiary/aromatic N) is 3. The smallest absolute Gasteiger partial charge is 0.210 e. The highest BCUT2D eigenvalue weighted by molar-refractivity contribution is 6.28. The normalized spacial score (nSPS) is 19.4.